The highest BCUT2D eigenvalue weighted by Crippen LogP contribution is 2.30. The summed E-state index contributed by atoms with van der Waals surface area (Å²) in [6.07, 6.45) is 7.46. The summed E-state index contributed by atoms with van der Waals surface area (Å²) in [6.45, 7) is 4.58. The second-order valence-electron chi connectivity index (χ2n) is 6.58. The molecule has 0 fully saturated rings. The summed E-state index contributed by atoms with van der Waals surface area (Å²) in [5.74, 6) is 0. The Hall–Kier alpha value is -1.86. The Morgan fingerprint density at radius 3 is 1.96 bits per heavy atom. The largest absolute Gasteiger partial charge is 0.129 e. The molecule has 0 saturated carbocycles. The van der Waals surface area contributed by atoms with Crippen LogP contribution in [-0.4, -0.2) is 8.80 Å². The van der Waals surface area contributed by atoms with Gasteiger partial charge < -0.3 is 0 Å². The first kappa shape index (κ1) is 16.0. The third kappa shape index (κ3) is 3.73. The van der Waals surface area contributed by atoms with Crippen molar-refractivity contribution in [2.45, 2.75) is 39.5 Å². The topological polar surface area (TPSA) is 0 Å². The fourth-order valence-corrected chi connectivity index (χ4v) is 7.16. The lowest BCUT2D eigenvalue weighted by Gasteiger charge is -2.20. The Bertz CT molecular complexity index is 656. The Morgan fingerprint density at radius 2 is 1.43 bits per heavy atom. The van der Waals surface area contributed by atoms with Crippen molar-refractivity contribution in [2.75, 3.05) is 0 Å². The standard InChI is InChI=1S/C22H26Si/c1-3-4-11-19-16-18(2)17-22(19)23(20-12-7-5-8-13-20)21-14-9-6-10-15-21/h5-10,12-16,23H,3-4,11,17H2,1-2H3. The molecule has 1 aliphatic rings. The van der Waals surface area contributed by atoms with Gasteiger partial charge in [-0.05, 0) is 26.2 Å². The van der Waals surface area contributed by atoms with E-state index in [1.165, 1.54) is 31.3 Å². The Kier molecular flexibility index (Phi) is 5.30. The van der Waals surface area contributed by atoms with E-state index in [1.54, 1.807) is 21.1 Å². The van der Waals surface area contributed by atoms with Gasteiger partial charge in [-0.1, -0.05) is 107 Å². The van der Waals surface area contributed by atoms with Gasteiger partial charge in [-0.25, -0.2) is 0 Å². The highest BCUT2D eigenvalue weighted by atomic mass is 28.3. The van der Waals surface area contributed by atoms with Crippen LogP contribution in [0.2, 0.25) is 0 Å². The van der Waals surface area contributed by atoms with Gasteiger partial charge in [-0.3, -0.25) is 0 Å². The van der Waals surface area contributed by atoms with E-state index in [-0.39, 0.29) is 0 Å². The zero-order chi connectivity index (χ0) is 16.1. The quantitative estimate of drug-likeness (QED) is 0.692. The Labute approximate surface area is 142 Å². The molecule has 118 valence electrons. The predicted octanol–water partition coefficient (Wildman–Crippen LogP) is 4.40. The lowest BCUT2D eigenvalue weighted by atomic mass is 10.1. The molecule has 1 heteroatoms. The van der Waals surface area contributed by atoms with Crippen LogP contribution in [0.1, 0.15) is 39.5 Å². The first-order chi connectivity index (χ1) is 11.3. The van der Waals surface area contributed by atoms with Crippen LogP contribution >= 0.6 is 0 Å². The Morgan fingerprint density at radius 1 is 0.870 bits per heavy atom. The number of hydrogen-bond donors (Lipinski definition) is 0. The molecular weight excluding hydrogens is 292 g/mol. The zero-order valence-corrected chi connectivity index (χ0v) is 15.4. The van der Waals surface area contributed by atoms with Gasteiger partial charge in [0.25, 0.3) is 0 Å². The molecule has 0 heterocycles. The van der Waals surface area contributed by atoms with Gasteiger partial charge in [-0.15, -0.1) is 0 Å². The van der Waals surface area contributed by atoms with Crippen LogP contribution in [0.25, 0.3) is 0 Å². The van der Waals surface area contributed by atoms with E-state index < -0.39 is 8.80 Å². The summed E-state index contributed by atoms with van der Waals surface area (Å²) in [6, 6.07) is 22.4. The summed E-state index contributed by atoms with van der Waals surface area (Å²) < 4.78 is 0. The lowest BCUT2D eigenvalue weighted by Crippen LogP contribution is -2.44. The minimum Gasteiger partial charge on any atom is -0.0694 e. The Balaban J connectivity index is 2.05. The van der Waals surface area contributed by atoms with Gasteiger partial charge in [0.15, 0.2) is 0 Å². The third-order valence-electron chi connectivity index (χ3n) is 4.72. The molecule has 0 amide bonds. The number of hydrogen-bond acceptors (Lipinski definition) is 0. The van der Waals surface area contributed by atoms with Crippen LogP contribution in [0.15, 0.2) is 83.1 Å². The van der Waals surface area contributed by atoms with E-state index in [0.717, 1.165) is 0 Å². The van der Waals surface area contributed by atoms with Gasteiger partial charge in [0.1, 0.15) is 8.80 Å². The summed E-state index contributed by atoms with van der Waals surface area (Å²) >= 11 is 0. The highest BCUT2D eigenvalue weighted by Gasteiger charge is 2.26. The molecular formula is C22H26Si. The molecule has 1 aliphatic carbocycles. The second kappa shape index (κ2) is 7.61. The highest BCUT2D eigenvalue weighted by molar-refractivity contribution is 6.91. The number of rotatable bonds is 6. The van der Waals surface area contributed by atoms with Crippen molar-refractivity contribution in [2.24, 2.45) is 0 Å². The third-order valence-corrected chi connectivity index (χ3v) is 8.09. The molecule has 0 N–H and O–H groups in total. The maximum Gasteiger partial charge on any atom is 0.129 e. The first-order valence-corrected chi connectivity index (χ1v) is 10.5. The number of benzene rings is 2. The van der Waals surface area contributed by atoms with Crippen molar-refractivity contribution in [3.05, 3.63) is 83.1 Å². The van der Waals surface area contributed by atoms with E-state index in [9.17, 15) is 0 Å². The average molecular weight is 319 g/mol. The molecule has 2 aromatic carbocycles. The van der Waals surface area contributed by atoms with Crippen molar-refractivity contribution in [3.63, 3.8) is 0 Å². The number of unbranched alkanes of at least 4 members (excludes halogenated alkanes) is 1. The van der Waals surface area contributed by atoms with Crippen molar-refractivity contribution in [1.29, 1.82) is 0 Å². The van der Waals surface area contributed by atoms with Crippen molar-refractivity contribution in [3.8, 4) is 0 Å². The van der Waals surface area contributed by atoms with E-state index in [1.807, 2.05) is 0 Å². The maximum atomic E-state index is 2.47. The molecule has 2 aromatic rings. The van der Waals surface area contributed by atoms with Crippen LogP contribution in [-0.2, 0) is 0 Å². The van der Waals surface area contributed by atoms with E-state index in [2.05, 4.69) is 80.6 Å². The smallest absolute Gasteiger partial charge is 0.0694 e. The fourth-order valence-electron chi connectivity index (χ4n) is 3.63. The molecule has 0 aliphatic heterocycles. The molecule has 0 atom stereocenters. The molecule has 0 nitrogen and oxygen atoms in total. The SMILES string of the molecule is CCCCC1=C([SiH](c2ccccc2)c2ccccc2)CC(C)=C1. The first-order valence-electron chi connectivity index (χ1n) is 8.78. The molecule has 0 spiro atoms. The predicted molar refractivity (Wildman–Crippen MR) is 104 cm³/mol. The summed E-state index contributed by atoms with van der Waals surface area (Å²) in [5, 5.41) is 4.84. The van der Waals surface area contributed by atoms with Crippen molar-refractivity contribution < 1.29 is 0 Å². The van der Waals surface area contributed by atoms with Gasteiger partial charge in [0.05, 0.1) is 0 Å². The fraction of sp³-hybridized carbons (Fsp3) is 0.273. The molecule has 3 rings (SSSR count). The normalized spacial score (nSPS) is 14.5. The van der Waals surface area contributed by atoms with Crippen LogP contribution in [0, 0.1) is 0 Å². The molecule has 0 radical (unpaired) electrons. The molecule has 0 aromatic heterocycles. The minimum absolute atomic E-state index is 1.18. The summed E-state index contributed by atoms with van der Waals surface area (Å²) in [4.78, 5) is 0. The lowest BCUT2D eigenvalue weighted by molar-refractivity contribution is 0.797. The van der Waals surface area contributed by atoms with Crippen molar-refractivity contribution in [1.82, 2.24) is 0 Å². The van der Waals surface area contributed by atoms with Gasteiger partial charge in [0.2, 0.25) is 0 Å². The van der Waals surface area contributed by atoms with Crippen LogP contribution < -0.4 is 10.4 Å². The van der Waals surface area contributed by atoms with E-state index in [4.69, 9.17) is 0 Å². The van der Waals surface area contributed by atoms with Crippen molar-refractivity contribution >= 4 is 19.2 Å². The summed E-state index contributed by atoms with van der Waals surface area (Å²) in [7, 11) is -1.31. The molecule has 0 bridgehead atoms. The van der Waals surface area contributed by atoms with Crippen LogP contribution in [0.4, 0.5) is 0 Å². The molecule has 23 heavy (non-hydrogen) atoms. The summed E-state index contributed by atoms with van der Waals surface area (Å²) in [5.41, 5.74) is 3.17. The average Bonchev–Trinajstić information content (AvgIpc) is 2.95. The van der Waals surface area contributed by atoms with Crippen LogP contribution in [0.3, 0.4) is 0 Å². The molecule has 0 unspecified atom stereocenters. The van der Waals surface area contributed by atoms with Gasteiger partial charge in [0, 0.05) is 0 Å². The van der Waals surface area contributed by atoms with Crippen LogP contribution in [0.5, 0.6) is 0 Å². The maximum absolute atomic E-state index is 2.47. The van der Waals surface area contributed by atoms with E-state index >= 15 is 0 Å². The molecule has 0 saturated heterocycles. The second-order valence-corrected chi connectivity index (χ2v) is 9.47. The zero-order valence-electron chi connectivity index (χ0n) is 14.3. The number of allylic oxidation sites excluding steroid dienone is 4. The van der Waals surface area contributed by atoms with Gasteiger partial charge >= 0.3 is 0 Å². The van der Waals surface area contributed by atoms with Gasteiger partial charge in [-0.2, -0.15) is 0 Å². The monoisotopic (exact) mass is 318 g/mol. The minimum atomic E-state index is -1.31. The van der Waals surface area contributed by atoms with E-state index in [0.29, 0.717) is 0 Å².